The summed E-state index contributed by atoms with van der Waals surface area (Å²) < 4.78 is 68.9. The van der Waals surface area contributed by atoms with Crippen molar-refractivity contribution in [1.82, 2.24) is 33.6 Å². The van der Waals surface area contributed by atoms with Crippen LogP contribution in [0.3, 0.4) is 0 Å². The second kappa shape index (κ2) is 14.1. The van der Waals surface area contributed by atoms with E-state index in [0.717, 1.165) is 66.0 Å². The second-order valence-electron chi connectivity index (χ2n) is 15.7. The van der Waals surface area contributed by atoms with Crippen LogP contribution in [0.5, 0.6) is 23.0 Å². The van der Waals surface area contributed by atoms with Gasteiger partial charge in [0.1, 0.15) is 34.6 Å². The first-order valence-electron chi connectivity index (χ1n) is 23.5. The predicted molar refractivity (Wildman–Crippen MR) is 252 cm³/mol. The van der Waals surface area contributed by atoms with Gasteiger partial charge in [-0.1, -0.05) is 69.2 Å². The Morgan fingerprint density at radius 1 is 0.413 bits per heavy atom. The van der Waals surface area contributed by atoms with Gasteiger partial charge in [0.15, 0.2) is 0 Å². The van der Waals surface area contributed by atoms with Crippen molar-refractivity contribution in [1.29, 1.82) is 0 Å². The zero-order valence-electron chi connectivity index (χ0n) is 39.8. The average Bonchev–Trinajstić information content (AvgIpc) is 3.98. The number of rotatable bonds is 7. The van der Waals surface area contributed by atoms with E-state index in [2.05, 4.69) is 65.5 Å². The van der Waals surface area contributed by atoms with E-state index >= 15 is 0 Å². The summed E-state index contributed by atoms with van der Waals surface area (Å²) in [5, 5.41) is 6.02. The maximum Gasteiger partial charge on any atom is 0.234 e. The van der Waals surface area contributed by atoms with Crippen molar-refractivity contribution in [2.75, 3.05) is 0 Å². The lowest BCUT2D eigenvalue weighted by atomic mass is 9.89. The van der Waals surface area contributed by atoms with Crippen LogP contribution in [0.15, 0.2) is 183 Å². The van der Waals surface area contributed by atoms with Gasteiger partial charge in [-0.25, -0.2) is 19.9 Å². The smallest absolute Gasteiger partial charge is 0.234 e. The monoisotopic (exact) mass is 823 g/mol. The highest BCUT2D eigenvalue weighted by molar-refractivity contribution is 6.11. The Balaban J connectivity index is 0.989. The van der Waals surface area contributed by atoms with Gasteiger partial charge in [0, 0.05) is 89.6 Å². The molecule has 63 heavy (non-hydrogen) atoms. The van der Waals surface area contributed by atoms with Gasteiger partial charge in [-0.2, -0.15) is 0 Å². The van der Waals surface area contributed by atoms with Gasteiger partial charge in [0.25, 0.3) is 0 Å². The molecule has 0 aliphatic rings. The maximum absolute atomic E-state index is 8.25. The highest BCUT2D eigenvalue weighted by atomic mass is 16.5. The number of fused-ring (bicyclic) bond motifs is 9. The lowest BCUT2D eigenvalue weighted by Gasteiger charge is -2.18. The highest BCUT2D eigenvalue weighted by Crippen LogP contribution is 2.40. The Bertz CT molecular complexity index is 3730. The van der Waals surface area contributed by atoms with Crippen LogP contribution in [0.1, 0.15) is 34.4 Å². The van der Waals surface area contributed by atoms with E-state index in [4.69, 9.17) is 17.7 Å². The van der Waals surface area contributed by atoms with Gasteiger partial charge in [-0.15, -0.1) is 0 Å². The van der Waals surface area contributed by atoms with Crippen molar-refractivity contribution in [2.45, 2.75) is 26.0 Å². The molecule has 0 saturated heterocycles. The molecule has 0 spiro atoms. The minimum absolute atomic E-state index is 0.0305. The number of benzene rings is 6. The molecule has 9 heteroatoms. The molecule has 6 aromatic heterocycles. The van der Waals surface area contributed by atoms with Crippen LogP contribution in [0.25, 0.3) is 83.0 Å². The van der Waals surface area contributed by atoms with Crippen molar-refractivity contribution in [2.24, 2.45) is 0 Å². The molecule has 0 aliphatic carbocycles. The Labute approximate surface area is 370 Å². The number of pyridine rings is 2. The minimum Gasteiger partial charge on any atom is -0.457 e. The molecule has 12 rings (SSSR count). The fourth-order valence-corrected chi connectivity index (χ4v) is 8.78. The summed E-state index contributed by atoms with van der Waals surface area (Å²) in [7, 11) is 0. The lowest BCUT2D eigenvalue weighted by Crippen LogP contribution is -2.13. The molecular formula is C54H39N7O2. The van der Waals surface area contributed by atoms with Crippen molar-refractivity contribution < 1.29 is 17.7 Å². The largest absolute Gasteiger partial charge is 0.457 e. The van der Waals surface area contributed by atoms with Gasteiger partial charge in [0.2, 0.25) is 5.95 Å². The van der Waals surface area contributed by atoms with Crippen molar-refractivity contribution in [3.8, 4) is 40.6 Å². The third-order valence-electron chi connectivity index (χ3n) is 11.6. The minimum atomic E-state index is -2.88. The van der Waals surface area contributed by atoms with Crippen molar-refractivity contribution in [3.05, 3.63) is 188 Å². The summed E-state index contributed by atoms with van der Waals surface area (Å²) in [5.41, 5.74) is 3.03. The molecule has 0 amide bonds. The van der Waals surface area contributed by atoms with Gasteiger partial charge in [-0.05, 0) is 95.9 Å². The van der Waals surface area contributed by atoms with E-state index in [-0.39, 0.29) is 11.5 Å². The molecule has 0 fully saturated rings. The first kappa shape index (κ1) is 30.7. The fourth-order valence-electron chi connectivity index (χ4n) is 8.78. The second-order valence-corrected chi connectivity index (χ2v) is 15.7. The zero-order valence-corrected chi connectivity index (χ0v) is 33.8. The summed E-state index contributed by atoms with van der Waals surface area (Å²) in [6.45, 7) is -4.55. The SMILES string of the molecule is [2H]C([2H])([2H])C(C)(c1cnc(-n2c3cc(Oc4ccc5c6ccccc6n(-c6ccccn6)c5c4)ccc3c3ccc(Oc4ccc5c6ccccc6n(-c6ccccn6)c5c4)cc32)nc1)C([2H])([2H])[2H]. The highest BCUT2D eigenvalue weighted by Gasteiger charge is 2.21. The third kappa shape index (κ3) is 6.08. The molecule has 302 valence electrons. The van der Waals surface area contributed by atoms with Crippen LogP contribution < -0.4 is 9.47 Å². The number of hydrogen-bond donors (Lipinski definition) is 0. The Hall–Kier alpha value is -8.30. The predicted octanol–water partition coefficient (Wildman–Crippen LogP) is 13.4. The molecule has 0 bridgehead atoms. The molecule has 0 atom stereocenters. The van der Waals surface area contributed by atoms with Crippen LogP contribution in [-0.4, -0.2) is 33.6 Å². The first-order chi connectivity index (χ1) is 33.4. The van der Waals surface area contributed by atoms with Crippen LogP contribution in [0.2, 0.25) is 0 Å². The van der Waals surface area contributed by atoms with Crippen LogP contribution in [0, 0.1) is 0 Å². The normalized spacial score (nSPS) is 13.9. The van der Waals surface area contributed by atoms with E-state index in [0.29, 0.717) is 34.0 Å². The molecular weight excluding hydrogens is 779 g/mol. The van der Waals surface area contributed by atoms with Gasteiger partial charge < -0.3 is 9.47 Å². The molecule has 0 radical (unpaired) electrons. The number of para-hydroxylation sites is 2. The molecule has 0 unspecified atom stereocenters. The van der Waals surface area contributed by atoms with Crippen LogP contribution in [-0.2, 0) is 5.41 Å². The molecule has 0 aliphatic heterocycles. The van der Waals surface area contributed by atoms with E-state index in [9.17, 15) is 0 Å². The number of nitrogens with zero attached hydrogens (tertiary/aromatic N) is 7. The van der Waals surface area contributed by atoms with Crippen LogP contribution >= 0.6 is 0 Å². The summed E-state index contributed by atoms with van der Waals surface area (Å²) in [4.78, 5) is 18.7. The molecule has 9 nitrogen and oxygen atoms in total. The third-order valence-corrected chi connectivity index (χ3v) is 11.6. The average molecular weight is 824 g/mol. The molecule has 6 aromatic carbocycles. The number of aromatic nitrogens is 7. The Morgan fingerprint density at radius 2 is 0.794 bits per heavy atom. The number of ether oxygens (including phenoxy) is 2. The molecule has 12 aromatic rings. The van der Waals surface area contributed by atoms with E-state index < -0.39 is 19.1 Å². The first-order valence-corrected chi connectivity index (χ1v) is 20.5. The summed E-state index contributed by atoms with van der Waals surface area (Å²) in [5.74, 6) is 4.04. The van der Waals surface area contributed by atoms with Crippen LogP contribution in [0.4, 0.5) is 0 Å². The van der Waals surface area contributed by atoms with E-state index in [1.54, 1.807) is 12.4 Å². The molecule has 0 saturated carbocycles. The number of hydrogen-bond acceptors (Lipinski definition) is 6. The van der Waals surface area contributed by atoms with Crippen molar-refractivity contribution in [3.63, 3.8) is 0 Å². The summed E-state index contributed by atoms with van der Waals surface area (Å²) >= 11 is 0. The maximum atomic E-state index is 8.25. The molecule has 6 heterocycles. The quantitative estimate of drug-likeness (QED) is 0.159. The van der Waals surface area contributed by atoms with Crippen molar-refractivity contribution >= 4 is 65.4 Å². The van der Waals surface area contributed by atoms with Gasteiger partial charge in [0.05, 0.1) is 33.1 Å². The van der Waals surface area contributed by atoms with E-state index in [1.165, 1.54) is 19.3 Å². The van der Waals surface area contributed by atoms with E-state index in [1.807, 2.05) is 126 Å². The zero-order chi connectivity index (χ0) is 47.2. The Kier molecular flexibility index (Phi) is 6.89. The summed E-state index contributed by atoms with van der Waals surface area (Å²) in [6.07, 6.45) is 6.15. The Morgan fingerprint density at radius 3 is 1.19 bits per heavy atom. The fraction of sp³-hybridized carbons (Fsp3) is 0.0741. The summed E-state index contributed by atoms with van der Waals surface area (Å²) in [6, 6.07) is 51.7. The van der Waals surface area contributed by atoms with Gasteiger partial charge >= 0.3 is 0 Å². The topological polar surface area (TPSA) is 84.8 Å². The standard InChI is InChI=1S/C54H39N7O2/c1-54(2,3)34-32-57-53(58-33-34)61-49-30-37(62-35-18-22-41-39-12-4-6-14-45(39)59(47(41)28-35)51-16-8-10-26-55-51)20-24-43(49)44-25-21-38(31-50(44)61)63-36-19-23-42-40-13-5-7-15-46(40)60(48(42)29-36)52-17-9-11-27-56-52/h4-33H,1-3H3/i1D3,2D3. The molecule has 0 N–H and O–H groups in total. The lowest BCUT2D eigenvalue weighted by molar-refractivity contribution is 0.484. The van der Waals surface area contributed by atoms with Gasteiger partial charge in [-0.3, -0.25) is 13.7 Å².